The molecule has 0 radical (unpaired) electrons. The standard InChI is InChI=1S/C15H10Cl2F3NO3S/c1-2-24-14(23)11-9(6-10(15(18,19)20)21-13(11)22)25-12-7(16)4-3-5-8(12)17/h3-6H,2H2,1H3,(H,21,22). The second kappa shape index (κ2) is 7.72. The number of aromatic amines is 1. The summed E-state index contributed by atoms with van der Waals surface area (Å²) in [4.78, 5) is 25.7. The first kappa shape index (κ1) is 19.7. The Morgan fingerprint density at radius 2 is 1.88 bits per heavy atom. The Kier molecular flexibility index (Phi) is 6.08. The molecule has 1 aromatic heterocycles. The fourth-order valence-electron chi connectivity index (χ4n) is 1.86. The molecule has 10 heteroatoms. The molecule has 0 fully saturated rings. The molecule has 134 valence electrons. The monoisotopic (exact) mass is 411 g/mol. The van der Waals surface area contributed by atoms with Gasteiger partial charge in [-0.15, -0.1) is 0 Å². The summed E-state index contributed by atoms with van der Waals surface area (Å²) in [5, 5.41) is 0.335. The van der Waals surface area contributed by atoms with E-state index in [1.807, 2.05) is 0 Å². The predicted molar refractivity (Wildman–Crippen MR) is 88.6 cm³/mol. The minimum Gasteiger partial charge on any atom is -0.462 e. The van der Waals surface area contributed by atoms with Crippen molar-refractivity contribution in [3.63, 3.8) is 0 Å². The van der Waals surface area contributed by atoms with Crippen molar-refractivity contribution in [1.29, 1.82) is 0 Å². The fraction of sp³-hybridized carbons (Fsp3) is 0.200. The van der Waals surface area contributed by atoms with Crippen molar-refractivity contribution in [1.82, 2.24) is 4.98 Å². The molecule has 0 unspecified atom stereocenters. The number of rotatable bonds is 4. The highest BCUT2D eigenvalue weighted by atomic mass is 35.5. The largest absolute Gasteiger partial charge is 0.462 e. The van der Waals surface area contributed by atoms with Crippen LogP contribution in [0.25, 0.3) is 0 Å². The number of carbonyl (C=O) groups is 1. The molecule has 0 bridgehead atoms. The number of alkyl halides is 3. The summed E-state index contributed by atoms with van der Waals surface area (Å²) in [6.07, 6.45) is -4.80. The van der Waals surface area contributed by atoms with E-state index < -0.39 is 29.0 Å². The van der Waals surface area contributed by atoms with Gasteiger partial charge in [-0.25, -0.2) is 4.79 Å². The Bertz CT molecular complexity index is 848. The number of H-pyrrole nitrogens is 1. The maximum Gasteiger partial charge on any atom is 0.431 e. The molecular formula is C15H10Cl2F3NO3S. The first-order valence-electron chi connectivity index (χ1n) is 6.78. The van der Waals surface area contributed by atoms with Gasteiger partial charge in [-0.05, 0) is 25.1 Å². The Morgan fingerprint density at radius 1 is 1.28 bits per heavy atom. The summed E-state index contributed by atoms with van der Waals surface area (Å²) in [7, 11) is 0. The zero-order valence-electron chi connectivity index (χ0n) is 12.5. The van der Waals surface area contributed by atoms with Gasteiger partial charge in [0, 0.05) is 9.79 Å². The van der Waals surface area contributed by atoms with Gasteiger partial charge in [0.05, 0.1) is 16.7 Å². The van der Waals surface area contributed by atoms with Gasteiger partial charge in [-0.3, -0.25) is 4.79 Å². The number of aromatic nitrogens is 1. The maximum atomic E-state index is 13.0. The van der Waals surface area contributed by atoms with Gasteiger partial charge in [-0.2, -0.15) is 13.2 Å². The topological polar surface area (TPSA) is 59.2 Å². The molecule has 2 aromatic rings. The van der Waals surface area contributed by atoms with E-state index in [1.165, 1.54) is 19.1 Å². The summed E-state index contributed by atoms with van der Waals surface area (Å²) < 4.78 is 43.7. The van der Waals surface area contributed by atoms with Gasteiger partial charge in [0.25, 0.3) is 5.56 Å². The Labute approximate surface area is 154 Å². The molecule has 1 heterocycles. The molecule has 0 aliphatic rings. The van der Waals surface area contributed by atoms with Crippen LogP contribution in [0.3, 0.4) is 0 Å². The number of benzene rings is 1. The molecule has 0 aliphatic carbocycles. The van der Waals surface area contributed by atoms with Crippen LogP contribution in [0.2, 0.25) is 10.0 Å². The van der Waals surface area contributed by atoms with Crippen molar-refractivity contribution in [3.8, 4) is 0 Å². The van der Waals surface area contributed by atoms with Gasteiger partial charge in [0.1, 0.15) is 11.3 Å². The van der Waals surface area contributed by atoms with Crippen LogP contribution >= 0.6 is 35.0 Å². The third-order valence-electron chi connectivity index (χ3n) is 2.91. The fourth-order valence-corrected chi connectivity index (χ4v) is 3.49. The maximum absolute atomic E-state index is 13.0. The van der Waals surface area contributed by atoms with E-state index in [0.717, 1.165) is 0 Å². The molecule has 0 amide bonds. The van der Waals surface area contributed by atoms with E-state index >= 15 is 0 Å². The van der Waals surface area contributed by atoms with E-state index in [0.29, 0.717) is 17.8 Å². The van der Waals surface area contributed by atoms with Crippen molar-refractivity contribution in [2.75, 3.05) is 6.61 Å². The first-order valence-corrected chi connectivity index (χ1v) is 8.36. The number of hydrogen-bond donors (Lipinski definition) is 1. The van der Waals surface area contributed by atoms with Crippen molar-refractivity contribution in [3.05, 3.63) is 55.9 Å². The predicted octanol–water partition coefficient (Wildman–Crippen LogP) is 5.03. The van der Waals surface area contributed by atoms with E-state index in [-0.39, 0.29) is 26.4 Å². The molecule has 1 N–H and O–H groups in total. The second-order valence-corrected chi connectivity index (χ2v) is 6.49. The van der Waals surface area contributed by atoms with Crippen molar-refractivity contribution in [2.24, 2.45) is 0 Å². The van der Waals surface area contributed by atoms with E-state index in [4.69, 9.17) is 27.9 Å². The average Bonchev–Trinajstić information content (AvgIpc) is 2.50. The lowest BCUT2D eigenvalue weighted by molar-refractivity contribution is -0.141. The van der Waals surface area contributed by atoms with Crippen molar-refractivity contribution < 1.29 is 22.7 Å². The van der Waals surface area contributed by atoms with Crippen LogP contribution in [0.5, 0.6) is 0 Å². The minimum absolute atomic E-state index is 0.0454. The molecule has 0 saturated carbocycles. The first-order chi connectivity index (χ1) is 11.6. The Morgan fingerprint density at radius 3 is 2.40 bits per heavy atom. The number of nitrogens with one attached hydrogen (secondary N) is 1. The molecule has 0 atom stereocenters. The van der Waals surface area contributed by atoms with Gasteiger partial charge in [0.2, 0.25) is 0 Å². The molecule has 25 heavy (non-hydrogen) atoms. The number of halogens is 5. The SMILES string of the molecule is CCOC(=O)c1c(Sc2c(Cl)cccc2Cl)cc(C(F)(F)F)[nH]c1=O. The van der Waals surface area contributed by atoms with E-state index in [9.17, 15) is 22.8 Å². The third kappa shape index (κ3) is 4.50. The highest BCUT2D eigenvalue weighted by Gasteiger charge is 2.34. The molecule has 4 nitrogen and oxygen atoms in total. The zero-order valence-corrected chi connectivity index (χ0v) is 14.9. The van der Waals surface area contributed by atoms with Crippen LogP contribution in [-0.4, -0.2) is 17.6 Å². The normalized spacial score (nSPS) is 11.4. The average molecular weight is 412 g/mol. The number of esters is 1. The van der Waals surface area contributed by atoms with Crippen LogP contribution < -0.4 is 5.56 Å². The number of carbonyl (C=O) groups excluding carboxylic acids is 1. The van der Waals surface area contributed by atoms with E-state index in [1.54, 1.807) is 11.1 Å². The van der Waals surface area contributed by atoms with Gasteiger partial charge in [-0.1, -0.05) is 41.0 Å². The van der Waals surface area contributed by atoms with Crippen LogP contribution in [0.15, 0.2) is 38.9 Å². The lowest BCUT2D eigenvalue weighted by atomic mass is 10.2. The van der Waals surface area contributed by atoms with Gasteiger partial charge >= 0.3 is 12.1 Å². The lowest BCUT2D eigenvalue weighted by Crippen LogP contribution is -2.25. The Balaban J connectivity index is 2.66. The number of hydrogen-bond acceptors (Lipinski definition) is 4. The number of pyridine rings is 1. The summed E-state index contributed by atoms with van der Waals surface area (Å²) in [6.45, 7) is 1.46. The van der Waals surface area contributed by atoms with Crippen LogP contribution in [0.1, 0.15) is 23.0 Å². The smallest absolute Gasteiger partial charge is 0.431 e. The summed E-state index contributed by atoms with van der Waals surface area (Å²) in [5.74, 6) is -1.04. The summed E-state index contributed by atoms with van der Waals surface area (Å²) >= 11 is 12.7. The second-order valence-electron chi connectivity index (χ2n) is 4.62. The van der Waals surface area contributed by atoms with Crippen LogP contribution in [0, 0.1) is 0 Å². The lowest BCUT2D eigenvalue weighted by Gasteiger charge is -2.13. The highest BCUT2D eigenvalue weighted by molar-refractivity contribution is 7.99. The number of ether oxygens (including phenoxy) is 1. The molecule has 2 rings (SSSR count). The zero-order chi connectivity index (χ0) is 18.8. The van der Waals surface area contributed by atoms with E-state index in [2.05, 4.69) is 0 Å². The van der Waals surface area contributed by atoms with Gasteiger partial charge < -0.3 is 9.72 Å². The van der Waals surface area contributed by atoms with Gasteiger partial charge in [0.15, 0.2) is 0 Å². The highest BCUT2D eigenvalue weighted by Crippen LogP contribution is 2.40. The van der Waals surface area contributed by atoms with Crippen LogP contribution in [-0.2, 0) is 10.9 Å². The third-order valence-corrected chi connectivity index (χ3v) is 4.95. The minimum atomic E-state index is -4.80. The molecular weight excluding hydrogens is 402 g/mol. The van der Waals surface area contributed by atoms with Crippen LogP contribution in [0.4, 0.5) is 13.2 Å². The van der Waals surface area contributed by atoms with Crippen molar-refractivity contribution in [2.45, 2.75) is 22.9 Å². The van der Waals surface area contributed by atoms with Crippen molar-refractivity contribution >= 4 is 40.9 Å². The molecule has 0 spiro atoms. The molecule has 0 aliphatic heterocycles. The quantitative estimate of drug-likeness (QED) is 0.716. The summed E-state index contributed by atoms with van der Waals surface area (Å²) in [5.41, 5.74) is -3.05. The Hall–Kier alpha value is -1.64. The molecule has 0 saturated heterocycles. The summed E-state index contributed by atoms with van der Waals surface area (Å²) in [6, 6.07) is 5.17. The molecule has 1 aromatic carbocycles.